The highest BCUT2D eigenvalue weighted by Crippen LogP contribution is 2.27. The molecule has 162 valence electrons. The first-order valence-electron chi connectivity index (χ1n) is 9.61. The normalized spacial score (nSPS) is 16.8. The van der Waals surface area contributed by atoms with E-state index in [4.69, 9.17) is 0 Å². The van der Waals surface area contributed by atoms with Gasteiger partial charge in [0.2, 0.25) is 5.91 Å². The van der Waals surface area contributed by atoms with Crippen molar-refractivity contribution in [3.63, 3.8) is 0 Å². The maximum absolute atomic E-state index is 13.4. The van der Waals surface area contributed by atoms with Crippen molar-refractivity contribution in [1.29, 1.82) is 0 Å². The molecule has 0 radical (unpaired) electrons. The minimum Gasteiger partial charge on any atom is -0.453 e. The van der Waals surface area contributed by atoms with Gasteiger partial charge in [-0.3, -0.25) is 14.0 Å². The van der Waals surface area contributed by atoms with Gasteiger partial charge in [-0.05, 0) is 34.3 Å². The van der Waals surface area contributed by atoms with Gasteiger partial charge >= 0.3 is 6.09 Å². The second-order valence-corrected chi connectivity index (χ2v) is 9.40. The number of halogens is 1. The maximum Gasteiger partial charge on any atom is 0.407 e. The summed E-state index contributed by atoms with van der Waals surface area (Å²) in [6.45, 7) is 0.425. The number of methoxy groups -OCH3 is 1. The lowest BCUT2D eigenvalue weighted by atomic mass is 10.0. The van der Waals surface area contributed by atoms with E-state index in [1.54, 1.807) is 30.5 Å². The first-order valence-corrected chi connectivity index (χ1v) is 11.2. The van der Waals surface area contributed by atoms with Gasteiger partial charge in [-0.1, -0.05) is 41.7 Å². The molecule has 0 aliphatic carbocycles. The molecule has 2 atom stereocenters. The van der Waals surface area contributed by atoms with Gasteiger partial charge in [0.05, 0.1) is 17.1 Å². The average Bonchev–Trinajstić information content (AvgIpc) is 3.46. The molecule has 0 bridgehead atoms. The number of amides is 3. The predicted molar refractivity (Wildman–Crippen MR) is 119 cm³/mol. The number of imidazole rings is 1. The molecule has 31 heavy (non-hydrogen) atoms. The van der Waals surface area contributed by atoms with Crippen LogP contribution >= 0.6 is 27.3 Å². The highest BCUT2D eigenvalue weighted by Gasteiger charge is 2.38. The summed E-state index contributed by atoms with van der Waals surface area (Å²) in [5, 5.41) is 5.39. The largest absolute Gasteiger partial charge is 0.453 e. The van der Waals surface area contributed by atoms with Crippen molar-refractivity contribution >= 4 is 56.0 Å². The van der Waals surface area contributed by atoms with Crippen molar-refractivity contribution < 1.29 is 19.1 Å². The lowest BCUT2D eigenvalue weighted by Gasteiger charge is -2.28. The molecular weight excluding hydrogens is 486 g/mol. The standard InChI is InChI=1S/C20H20BrN5O4S/c1-30-20(29)24-16(12-6-3-2-4-7-12)18(28)26-9-5-8-13(26)17(27)22-15-11-25-10-14(21)31-19(25)23-15/h2-4,6-7,10-11,13,16H,5,8-9H2,1H3,(H,22,27)(H,24,29)/t13?,16-/m0/s1. The van der Waals surface area contributed by atoms with E-state index in [0.29, 0.717) is 30.8 Å². The Hall–Kier alpha value is -2.92. The van der Waals surface area contributed by atoms with Gasteiger partial charge in [0, 0.05) is 12.7 Å². The molecule has 11 heteroatoms. The predicted octanol–water partition coefficient (Wildman–Crippen LogP) is 3.19. The number of nitrogens with one attached hydrogen (secondary N) is 2. The number of ether oxygens (including phenoxy) is 1. The molecule has 1 unspecified atom stereocenters. The lowest BCUT2D eigenvalue weighted by molar-refractivity contribution is -0.138. The first-order chi connectivity index (χ1) is 15.0. The van der Waals surface area contributed by atoms with Gasteiger partial charge in [-0.25, -0.2) is 9.78 Å². The molecular formula is C20H20BrN5O4S. The Morgan fingerprint density at radius 2 is 2.03 bits per heavy atom. The second kappa shape index (κ2) is 9.06. The quantitative estimate of drug-likeness (QED) is 0.553. The number of benzene rings is 1. The van der Waals surface area contributed by atoms with Crippen molar-refractivity contribution in [1.82, 2.24) is 19.6 Å². The topological polar surface area (TPSA) is 105 Å². The zero-order valence-corrected chi connectivity index (χ0v) is 19.0. The summed E-state index contributed by atoms with van der Waals surface area (Å²) in [6, 6.07) is 7.29. The number of hydrogen-bond acceptors (Lipinski definition) is 6. The van der Waals surface area contributed by atoms with Crippen molar-refractivity contribution in [2.24, 2.45) is 0 Å². The van der Waals surface area contributed by atoms with Crippen LogP contribution in [-0.2, 0) is 14.3 Å². The molecule has 3 amide bonds. The minimum atomic E-state index is -0.947. The second-order valence-electron chi connectivity index (χ2n) is 7.01. The number of nitrogens with zero attached hydrogens (tertiary/aromatic N) is 3. The van der Waals surface area contributed by atoms with Crippen LogP contribution in [0.25, 0.3) is 4.96 Å². The van der Waals surface area contributed by atoms with Crippen LogP contribution in [0.1, 0.15) is 24.4 Å². The van der Waals surface area contributed by atoms with E-state index in [9.17, 15) is 14.4 Å². The van der Waals surface area contributed by atoms with Gasteiger partial charge in [0.25, 0.3) is 5.91 Å². The van der Waals surface area contributed by atoms with Crippen LogP contribution < -0.4 is 10.6 Å². The molecule has 1 saturated heterocycles. The van der Waals surface area contributed by atoms with Crippen molar-refractivity contribution in [3.05, 3.63) is 52.1 Å². The van der Waals surface area contributed by atoms with Crippen LogP contribution in [-0.4, -0.2) is 51.9 Å². The van der Waals surface area contributed by atoms with E-state index in [2.05, 4.69) is 36.3 Å². The van der Waals surface area contributed by atoms with Crippen LogP contribution in [0.5, 0.6) is 0 Å². The molecule has 3 heterocycles. The lowest BCUT2D eigenvalue weighted by Crippen LogP contribution is -2.48. The molecule has 1 aromatic carbocycles. The molecule has 4 rings (SSSR count). The van der Waals surface area contributed by atoms with Crippen LogP contribution in [0.15, 0.2) is 46.5 Å². The summed E-state index contributed by atoms with van der Waals surface area (Å²) in [7, 11) is 1.24. The highest BCUT2D eigenvalue weighted by atomic mass is 79.9. The van der Waals surface area contributed by atoms with E-state index >= 15 is 0 Å². The molecule has 2 aromatic heterocycles. The maximum atomic E-state index is 13.4. The number of alkyl carbamates (subject to hydrolysis) is 1. The van der Waals surface area contributed by atoms with E-state index in [-0.39, 0.29) is 11.8 Å². The molecule has 2 N–H and O–H groups in total. The SMILES string of the molecule is COC(=O)N[C@H](C(=O)N1CCCC1C(=O)Nc1cn2cc(Br)sc2n1)c1ccccc1. The summed E-state index contributed by atoms with van der Waals surface area (Å²) < 4.78 is 7.43. The molecule has 1 fully saturated rings. The summed E-state index contributed by atoms with van der Waals surface area (Å²) in [4.78, 5) is 44.8. The van der Waals surface area contributed by atoms with Crippen molar-refractivity contribution in [2.75, 3.05) is 19.0 Å². The number of hydrogen-bond donors (Lipinski definition) is 2. The van der Waals surface area contributed by atoms with Crippen LogP contribution in [0.3, 0.4) is 0 Å². The molecule has 1 aliphatic rings. The third-order valence-corrected chi connectivity index (χ3v) is 6.52. The Kier molecular flexibility index (Phi) is 6.23. The molecule has 0 saturated carbocycles. The number of carbonyl (C=O) groups excluding carboxylic acids is 3. The summed E-state index contributed by atoms with van der Waals surface area (Å²) in [6.07, 6.45) is 4.09. The van der Waals surface area contributed by atoms with Gasteiger partial charge in [0.1, 0.15) is 12.1 Å². The highest BCUT2D eigenvalue weighted by molar-refractivity contribution is 9.11. The average molecular weight is 506 g/mol. The summed E-state index contributed by atoms with van der Waals surface area (Å²) >= 11 is 4.85. The number of aromatic nitrogens is 2. The van der Waals surface area contributed by atoms with Crippen LogP contribution in [0, 0.1) is 0 Å². The number of anilines is 1. The molecule has 3 aromatic rings. The monoisotopic (exact) mass is 505 g/mol. The Morgan fingerprint density at radius 1 is 1.26 bits per heavy atom. The van der Waals surface area contributed by atoms with Gasteiger partial charge < -0.3 is 20.3 Å². The van der Waals surface area contributed by atoms with Gasteiger partial charge in [0.15, 0.2) is 10.8 Å². The smallest absolute Gasteiger partial charge is 0.407 e. The zero-order chi connectivity index (χ0) is 22.0. The molecule has 1 aliphatic heterocycles. The van der Waals surface area contributed by atoms with Gasteiger partial charge in [-0.2, -0.15) is 0 Å². The van der Waals surface area contributed by atoms with E-state index in [0.717, 1.165) is 8.75 Å². The fraction of sp³-hybridized carbons (Fsp3) is 0.300. The van der Waals surface area contributed by atoms with Gasteiger partial charge in [-0.15, -0.1) is 0 Å². The van der Waals surface area contributed by atoms with Crippen molar-refractivity contribution in [3.8, 4) is 0 Å². The Balaban J connectivity index is 1.52. The summed E-state index contributed by atoms with van der Waals surface area (Å²) in [5.74, 6) is -0.236. The van der Waals surface area contributed by atoms with E-state index in [1.807, 2.05) is 16.7 Å². The van der Waals surface area contributed by atoms with Crippen molar-refractivity contribution in [2.45, 2.75) is 24.9 Å². The molecule has 9 nitrogen and oxygen atoms in total. The third kappa shape index (κ3) is 4.57. The number of carbonyl (C=O) groups is 3. The number of fused-ring (bicyclic) bond motifs is 1. The first kappa shape index (κ1) is 21.3. The van der Waals surface area contributed by atoms with E-state index in [1.165, 1.54) is 23.3 Å². The molecule has 0 spiro atoms. The Labute approximate surface area is 190 Å². The fourth-order valence-corrected chi connectivity index (χ4v) is 4.97. The number of thiazole rings is 1. The number of rotatable bonds is 5. The Morgan fingerprint density at radius 3 is 2.74 bits per heavy atom. The minimum absolute atomic E-state index is 0.305. The fourth-order valence-electron chi connectivity index (χ4n) is 3.62. The van der Waals surface area contributed by atoms with Crippen LogP contribution in [0.4, 0.5) is 10.6 Å². The Bertz CT molecular complexity index is 1080. The number of likely N-dealkylation sites (tertiary alicyclic amines) is 1. The van der Waals surface area contributed by atoms with E-state index < -0.39 is 18.2 Å². The summed E-state index contributed by atoms with van der Waals surface area (Å²) in [5.41, 5.74) is 0.615. The van der Waals surface area contributed by atoms with Crippen LogP contribution in [0.2, 0.25) is 0 Å². The third-order valence-electron chi connectivity index (χ3n) is 5.04. The zero-order valence-electron chi connectivity index (χ0n) is 16.6.